The molecule has 104 valence electrons. The van der Waals surface area contributed by atoms with Crippen molar-refractivity contribution in [2.24, 2.45) is 5.92 Å². The summed E-state index contributed by atoms with van der Waals surface area (Å²) in [4.78, 5) is 0. The molecule has 0 radical (unpaired) electrons. The average Bonchev–Trinajstić information content (AvgIpc) is 3.30. The van der Waals surface area contributed by atoms with Crippen molar-refractivity contribution in [3.63, 3.8) is 0 Å². The van der Waals surface area contributed by atoms with E-state index >= 15 is 0 Å². The highest BCUT2D eigenvalue weighted by Crippen LogP contribution is 2.50. The second kappa shape index (κ2) is 6.23. The van der Waals surface area contributed by atoms with Crippen molar-refractivity contribution in [2.75, 3.05) is 7.05 Å². The third-order valence-electron chi connectivity index (χ3n) is 4.53. The fourth-order valence-corrected chi connectivity index (χ4v) is 3.22. The summed E-state index contributed by atoms with van der Waals surface area (Å²) in [6, 6.07) is 22.3. The number of hydrogen-bond donors (Lipinski definition) is 1. The highest BCUT2D eigenvalue weighted by molar-refractivity contribution is 5.25. The first-order valence-corrected chi connectivity index (χ1v) is 7.65. The lowest BCUT2D eigenvalue weighted by atomic mass is 9.99. The summed E-state index contributed by atoms with van der Waals surface area (Å²) < 4.78 is 0. The minimum atomic E-state index is 0.494. The SMILES string of the molecule is CNC(CCC1CC1c1ccccc1)c1ccccc1. The largest absolute Gasteiger partial charge is 0.313 e. The molecule has 20 heavy (non-hydrogen) atoms. The van der Waals surface area contributed by atoms with Gasteiger partial charge in [0.25, 0.3) is 0 Å². The zero-order chi connectivity index (χ0) is 13.8. The molecule has 1 aliphatic rings. The molecule has 2 aromatic rings. The van der Waals surface area contributed by atoms with E-state index in [-0.39, 0.29) is 0 Å². The zero-order valence-electron chi connectivity index (χ0n) is 12.1. The lowest BCUT2D eigenvalue weighted by molar-refractivity contribution is 0.502. The molecule has 1 N–H and O–H groups in total. The molecule has 1 nitrogen and oxygen atoms in total. The first-order chi connectivity index (χ1) is 9.88. The van der Waals surface area contributed by atoms with E-state index < -0.39 is 0 Å². The third kappa shape index (κ3) is 3.10. The fourth-order valence-electron chi connectivity index (χ4n) is 3.22. The second-order valence-corrected chi connectivity index (χ2v) is 5.84. The highest BCUT2D eigenvalue weighted by atomic mass is 14.9. The van der Waals surface area contributed by atoms with E-state index in [0.717, 1.165) is 11.8 Å². The minimum absolute atomic E-state index is 0.494. The van der Waals surface area contributed by atoms with Crippen molar-refractivity contribution in [3.05, 3.63) is 71.8 Å². The van der Waals surface area contributed by atoms with E-state index in [4.69, 9.17) is 0 Å². The number of nitrogens with one attached hydrogen (secondary N) is 1. The molecule has 0 aliphatic heterocycles. The van der Waals surface area contributed by atoms with E-state index in [2.05, 4.69) is 73.0 Å². The molecule has 1 saturated carbocycles. The Bertz CT molecular complexity index is 520. The summed E-state index contributed by atoms with van der Waals surface area (Å²) >= 11 is 0. The lowest BCUT2D eigenvalue weighted by Crippen LogP contribution is -2.16. The molecular formula is C19H23N. The fraction of sp³-hybridized carbons (Fsp3) is 0.368. The van der Waals surface area contributed by atoms with Gasteiger partial charge in [-0.2, -0.15) is 0 Å². The van der Waals surface area contributed by atoms with Gasteiger partial charge in [-0.25, -0.2) is 0 Å². The summed E-state index contributed by atoms with van der Waals surface area (Å²) in [6.45, 7) is 0. The van der Waals surface area contributed by atoms with Gasteiger partial charge >= 0.3 is 0 Å². The standard InChI is InChI=1S/C19H23N/c1-20-19(16-10-6-3-7-11-16)13-12-17-14-18(17)15-8-4-2-5-9-15/h2-11,17-20H,12-14H2,1H3. The van der Waals surface area contributed by atoms with Gasteiger partial charge in [-0.15, -0.1) is 0 Å². The van der Waals surface area contributed by atoms with E-state index in [9.17, 15) is 0 Å². The molecule has 1 aliphatic carbocycles. The van der Waals surface area contributed by atoms with Crippen LogP contribution >= 0.6 is 0 Å². The van der Waals surface area contributed by atoms with E-state index in [1.165, 1.54) is 30.4 Å². The molecule has 0 spiro atoms. The predicted molar refractivity (Wildman–Crippen MR) is 84.8 cm³/mol. The van der Waals surface area contributed by atoms with Crippen LogP contribution in [0.25, 0.3) is 0 Å². The maximum atomic E-state index is 3.46. The monoisotopic (exact) mass is 265 g/mol. The molecule has 0 saturated heterocycles. The van der Waals surface area contributed by atoms with Crippen LogP contribution in [0.3, 0.4) is 0 Å². The summed E-state index contributed by atoms with van der Waals surface area (Å²) in [5.41, 5.74) is 2.94. The van der Waals surface area contributed by atoms with Gasteiger partial charge in [-0.3, -0.25) is 0 Å². The Kier molecular flexibility index (Phi) is 4.17. The van der Waals surface area contributed by atoms with Crippen molar-refractivity contribution >= 4 is 0 Å². The summed E-state index contributed by atoms with van der Waals surface area (Å²) in [5, 5.41) is 3.46. The van der Waals surface area contributed by atoms with E-state index in [1.54, 1.807) is 0 Å². The van der Waals surface area contributed by atoms with Gasteiger partial charge in [0.1, 0.15) is 0 Å². The van der Waals surface area contributed by atoms with Crippen LogP contribution < -0.4 is 5.32 Å². The Morgan fingerprint density at radius 1 is 1.00 bits per heavy atom. The molecule has 2 aromatic carbocycles. The molecule has 0 amide bonds. The van der Waals surface area contributed by atoms with Crippen molar-refractivity contribution < 1.29 is 0 Å². The molecule has 3 unspecified atom stereocenters. The Balaban J connectivity index is 1.53. The van der Waals surface area contributed by atoms with Crippen LogP contribution in [0.15, 0.2) is 60.7 Å². The van der Waals surface area contributed by atoms with Crippen LogP contribution in [-0.2, 0) is 0 Å². The molecule has 1 heteroatoms. The van der Waals surface area contributed by atoms with Crippen LogP contribution in [-0.4, -0.2) is 7.05 Å². The number of hydrogen-bond acceptors (Lipinski definition) is 1. The quantitative estimate of drug-likeness (QED) is 0.809. The third-order valence-corrected chi connectivity index (χ3v) is 4.53. The molecular weight excluding hydrogens is 242 g/mol. The number of benzene rings is 2. The van der Waals surface area contributed by atoms with Gasteiger partial charge in [-0.1, -0.05) is 60.7 Å². The Morgan fingerprint density at radius 2 is 1.65 bits per heavy atom. The topological polar surface area (TPSA) is 12.0 Å². The molecule has 3 atom stereocenters. The van der Waals surface area contributed by atoms with Gasteiger partial charge in [0.05, 0.1) is 0 Å². The molecule has 0 bridgehead atoms. The lowest BCUT2D eigenvalue weighted by Gasteiger charge is -2.16. The molecule has 0 aromatic heterocycles. The summed E-state index contributed by atoms with van der Waals surface area (Å²) in [5.74, 6) is 1.70. The summed E-state index contributed by atoms with van der Waals surface area (Å²) in [6.07, 6.45) is 3.92. The summed E-state index contributed by atoms with van der Waals surface area (Å²) in [7, 11) is 2.07. The van der Waals surface area contributed by atoms with Gasteiger partial charge in [0, 0.05) is 6.04 Å². The van der Waals surface area contributed by atoms with Crippen LogP contribution in [0.5, 0.6) is 0 Å². The smallest absolute Gasteiger partial charge is 0.0317 e. The van der Waals surface area contributed by atoms with Crippen molar-refractivity contribution in [1.29, 1.82) is 0 Å². The van der Waals surface area contributed by atoms with Crippen LogP contribution in [0.4, 0.5) is 0 Å². The normalized spacial score (nSPS) is 22.4. The van der Waals surface area contributed by atoms with Gasteiger partial charge in [0.15, 0.2) is 0 Å². The van der Waals surface area contributed by atoms with Crippen LogP contribution in [0.1, 0.15) is 42.3 Å². The van der Waals surface area contributed by atoms with E-state index in [1.807, 2.05) is 0 Å². The van der Waals surface area contributed by atoms with Gasteiger partial charge in [0.2, 0.25) is 0 Å². The van der Waals surface area contributed by atoms with Gasteiger partial charge in [-0.05, 0) is 49.3 Å². The number of rotatable bonds is 6. The highest BCUT2D eigenvalue weighted by Gasteiger charge is 2.37. The van der Waals surface area contributed by atoms with Crippen molar-refractivity contribution in [1.82, 2.24) is 5.32 Å². The average molecular weight is 265 g/mol. The Labute approximate surface area is 122 Å². The minimum Gasteiger partial charge on any atom is -0.313 e. The molecule has 1 fully saturated rings. The Morgan fingerprint density at radius 3 is 2.30 bits per heavy atom. The van der Waals surface area contributed by atoms with Crippen LogP contribution in [0, 0.1) is 5.92 Å². The first-order valence-electron chi connectivity index (χ1n) is 7.65. The van der Waals surface area contributed by atoms with Gasteiger partial charge < -0.3 is 5.32 Å². The molecule has 3 rings (SSSR count). The predicted octanol–water partition coefficient (Wildman–Crippen LogP) is 4.53. The van der Waals surface area contributed by atoms with Crippen LogP contribution in [0.2, 0.25) is 0 Å². The zero-order valence-corrected chi connectivity index (χ0v) is 12.1. The second-order valence-electron chi connectivity index (χ2n) is 5.84. The van der Waals surface area contributed by atoms with Crippen molar-refractivity contribution in [2.45, 2.75) is 31.2 Å². The van der Waals surface area contributed by atoms with E-state index in [0.29, 0.717) is 6.04 Å². The molecule has 0 heterocycles. The van der Waals surface area contributed by atoms with Crippen molar-refractivity contribution in [3.8, 4) is 0 Å². The Hall–Kier alpha value is -1.60. The maximum absolute atomic E-state index is 3.46. The first kappa shape index (κ1) is 13.4. The maximum Gasteiger partial charge on any atom is 0.0317 e.